The van der Waals surface area contributed by atoms with Crippen LogP contribution in [0.15, 0.2) is 0 Å². The Balaban J connectivity index is 4.45. The van der Waals surface area contributed by atoms with Gasteiger partial charge in [-0.05, 0) is 37.0 Å². The van der Waals surface area contributed by atoms with Crippen LogP contribution in [-0.4, -0.2) is 17.9 Å². The molecule has 0 aliphatic carbocycles. The van der Waals surface area contributed by atoms with Crippen molar-refractivity contribution in [3.63, 3.8) is 0 Å². The van der Waals surface area contributed by atoms with Crippen molar-refractivity contribution in [3.05, 3.63) is 0 Å². The molecule has 0 aromatic heterocycles. The van der Waals surface area contributed by atoms with E-state index in [4.69, 9.17) is 0 Å². The van der Waals surface area contributed by atoms with E-state index in [9.17, 15) is 4.79 Å². The second-order valence-electron chi connectivity index (χ2n) is 7.74. The van der Waals surface area contributed by atoms with Gasteiger partial charge in [-0.15, -0.1) is 0 Å². The molecule has 0 amide bonds. The molecule has 2 nitrogen and oxygen atoms in total. The maximum Gasteiger partial charge on any atom is 0.152 e. The van der Waals surface area contributed by atoms with Gasteiger partial charge < -0.3 is 5.32 Å². The van der Waals surface area contributed by atoms with Gasteiger partial charge in [-0.1, -0.05) is 55.4 Å². The van der Waals surface area contributed by atoms with Crippen molar-refractivity contribution in [1.82, 2.24) is 5.32 Å². The minimum Gasteiger partial charge on any atom is -0.305 e. The van der Waals surface area contributed by atoms with Gasteiger partial charge in [-0.3, -0.25) is 4.79 Å². The van der Waals surface area contributed by atoms with Gasteiger partial charge >= 0.3 is 0 Å². The molecular weight excluding hydrogens is 246 g/mol. The lowest BCUT2D eigenvalue weighted by Crippen LogP contribution is -2.43. The molecule has 2 heteroatoms. The van der Waals surface area contributed by atoms with Gasteiger partial charge in [0, 0.05) is 12.0 Å². The summed E-state index contributed by atoms with van der Waals surface area (Å²) in [7, 11) is 0. The van der Waals surface area contributed by atoms with E-state index in [1.54, 1.807) is 0 Å². The highest BCUT2D eigenvalue weighted by atomic mass is 16.1. The highest BCUT2D eigenvalue weighted by Crippen LogP contribution is 2.23. The summed E-state index contributed by atoms with van der Waals surface area (Å²) in [5.41, 5.74) is 0. The molecule has 0 rings (SSSR count). The first-order chi connectivity index (χ1) is 9.13. The van der Waals surface area contributed by atoms with Crippen molar-refractivity contribution in [1.29, 1.82) is 0 Å². The van der Waals surface area contributed by atoms with Gasteiger partial charge in [0.1, 0.15) is 0 Å². The summed E-state index contributed by atoms with van der Waals surface area (Å²) < 4.78 is 0. The van der Waals surface area contributed by atoms with Crippen molar-refractivity contribution in [2.75, 3.05) is 0 Å². The molecule has 120 valence electrons. The fourth-order valence-corrected chi connectivity index (χ4v) is 3.16. The summed E-state index contributed by atoms with van der Waals surface area (Å²) in [5.74, 6) is 2.59. The molecule has 3 atom stereocenters. The number of Topliss-reactive ketones (excluding diaryl/α,β-unsaturated/α-hetero) is 1. The third kappa shape index (κ3) is 8.73. The highest BCUT2D eigenvalue weighted by Gasteiger charge is 2.24. The number of carbonyl (C=O) groups is 1. The lowest BCUT2D eigenvalue weighted by molar-refractivity contribution is -0.124. The summed E-state index contributed by atoms with van der Waals surface area (Å²) in [6.07, 6.45) is 3.47. The Bertz CT molecular complexity index is 271. The molecule has 0 saturated heterocycles. The van der Waals surface area contributed by atoms with Crippen LogP contribution < -0.4 is 5.32 Å². The van der Waals surface area contributed by atoms with Crippen LogP contribution in [0.25, 0.3) is 0 Å². The third-order valence-electron chi connectivity index (χ3n) is 3.76. The molecule has 0 aliphatic rings. The summed E-state index contributed by atoms with van der Waals surface area (Å²) in [5, 5.41) is 3.46. The second-order valence-corrected chi connectivity index (χ2v) is 7.74. The number of rotatable bonds is 10. The first kappa shape index (κ1) is 19.6. The first-order valence-electron chi connectivity index (χ1n) is 8.43. The van der Waals surface area contributed by atoms with Crippen LogP contribution in [0.3, 0.4) is 0 Å². The molecule has 0 fully saturated rings. The predicted molar refractivity (Wildman–Crippen MR) is 88.9 cm³/mol. The van der Waals surface area contributed by atoms with Crippen molar-refractivity contribution in [2.24, 2.45) is 23.7 Å². The molecule has 0 aliphatic heterocycles. The van der Waals surface area contributed by atoms with Crippen LogP contribution in [0.4, 0.5) is 0 Å². The summed E-state index contributed by atoms with van der Waals surface area (Å²) in [6.45, 7) is 17.4. The van der Waals surface area contributed by atoms with Crippen molar-refractivity contribution >= 4 is 5.78 Å². The molecule has 20 heavy (non-hydrogen) atoms. The van der Waals surface area contributed by atoms with Crippen LogP contribution in [0, 0.1) is 23.7 Å². The quantitative estimate of drug-likeness (QED) is 0.631. The average Bonchev–Trinajstić information content (AvgIpc) is 2.24. The monoisotopic (exact) mass is 283 g/mol. The van der Waals surface area contributed by atoms with Crippen LogP contribution in [0.1, 0.15) is 74.7 Å². The smallest absolute Gasteiger partial charge is 0.152 e. The molecule has 0 radical (unpaired) electrons. The molecule has 0 saturated carbocycles. The van der Waals surface area contributed by atoms with Crippen LogP contribution >= 0.6 is 0 Å². The number of hydrogen-bond donors (Lipinski definition) is 1. The maximum absolute atomic E-state index is 12.3. The summed E-state index contributed by atoms with van der Waals surface area (Å²) in [4.78, 5) is 12.3. The molecule has 0 spiro atoms. The minimum absolute atomic E-state index is 0.0243. The summed E-state index contributed by atoms with van der Waals surface area (Å²) in [6, 6.07) is 0.388. The zero-order chi connectivity index (χ0) is 15.9. The van der Waals surface area contributed by atoms with Crippen LogP contribution in [-0.2, 0) is 4.79 Å². The molecule has 1 N–H and O–H groups in total. The maximum atomic E-state index is 12.3. The van der Waals surface area contributed by atoms with Gasteiger partial charge in [0.2, 0.25) is 0 Å². The Morgan fingerprint density at radius 3 is 1.70 bits per heavy atom. The van der Waals surface area contributed by atoms with E-state index in [0.29, 0.717) is 17.7 Å². The van der Waals surface area contributed by atoms with Gasteiger partial charge in [-0.2, -0.15) is 0 Å². The number of ketones is 1. The van der Waals surface area contributed by atoms with Crippen molar-refractivity contribution in [3.8, 4) is 0 Å². The van der Waals surface area contributed by atoms with Gasteiger partial charge in [0.15, 0.2) is 5.78 Å². The zero-order valence-electron chi connectivity index (χ0n) is 15.0. The van der Waals surface area contributed by atoms with Crippen LogP contribution in [0.5, 0.6) is 0 Å². The van der Waals surface area contributed by atoms with Crippen LogP contribution in [0.2, 0.25) is 0 Å². The van der Waals surface area contributed by atoms with E-state index in [1.165, 1.54) is 12.8 Å². The van der Waals surface area contributed by atoms with Crippen molar-refractivity contribution < 1.29 is 4.79 Å². The number of nitrogens with one attached hydrogen (secondary N) is 1. The van der Waals surface area contributed by atoms with E-state index in [2.05, 4.69) is 46.9 Å². The molecule has 0 aromatic carbocycles. The Morgan fingerprint density at radius 2 is 1.30 bits per heavy atom. The average molecular weight is 284 g/mol. The van der Waals surface area contributed by atoms with E-state index in [-0.39, 0.29) is 12.0 Å². The highest BCUT2D eigenvalue weighted by molar-refractivity contribution is 5.85. The van der Waals surface area contributed by atoms with Gasteiger partial charge in [-0.25, -0.2) is 0 Å². The first-order valence-corrected chi connectivity index (χ1v) is 8.43. The Hall–Kier alpha value is -0.370. The van der Waals surface area contributed by atoms with E-state index in [1.807, 2.05) is 13.8 Å². The third-order valence-corrected chi connectivity index (χ3v) is 3.76. The molecule has 0 bridgehead atoms. The molecule has 0 heterocycles. The van der Waals surface area contributed by atoms with Crippen molar-refractivity contribution in [2.45, 2.75) is 86.7 Å². The zero-order valence-corrected chi connectivity index (χ0v) is 15.0. The van der Waals surface area contributed by atoms with Gasteiger partial charge in [0.25, 0.3) is 0 Å². The van der Waals surface area contributed by atoms with E-state index in [0.717, 1.165) is 18.3 Å². The molecule has 0 unspecified atom stereocenters. The predicted octanol–water partition coefficient (Wildman–Crippen LogP) is 4.68. The minimum atomic E-state index is 0.0243. The number of hydrogen-bond acceptors (Lipinski definition) is 2. The Kier molecular flexibility index (Phi) is 9.37. The second kappa shape index (κ2) is 9.55. The largest absolute Gasteiger partial charge is 0.305 e. The van der Waals surface area contributed by atoms with Gasteiger partial charge in [0.05, 0.1) is 6.04 Å². The SMILES string of the molecule is CC(C)C[C@H](C)C[C@H](C)C[C@H](NC(C)C)C(=O)C(C)C. The lowest BCUT2D eigenvalue weighted by Gasteiger charge is -2.26. The fourth-order valence-electron chi connectivity index (χ4n) is 3.16. The normalized spacial score (nSPS) is 16.8. The molecule has 0 aromatic rings. The number of carbonyl (C=O) groups excluding carboxylic acids is 1. The fraction of sp³-hybridized carbons (Fsp3) is 0.944. The van der Waals surface area contributed by atoms with E-state index < -0.39 is 0 Å². The topological polar surface area (TPSA) is 29.1 Å². The summed E-state index contributed by atoms with van der Waals surface area (Å²) >= 11 is 0. The lowest BCUT2D eigenvalue weighted by atomic mass is 9.85. The molecular formula is C18H37NO. The van der Waals surface area contributed by atoms with E-state index >= 15 is 0 Å². The Labute approximate surface area is 127 Å². The Morgan fingerprint density at radius 1 is 0.800 bits per heavy atom. The standard InChI is InChI=1S/C18H37NO/c1-12(2)9-15(7)10-16(8)11-17(19-14(5)6)18(20)13(3)4/h12-17,19H,9-11H2,1-8H3/t15-,16-,17-/m0/s1.